The topological polar surface area (TPSA) is 3.24 Å². The molecule has 1 nitrogen and oxygen atoms in total. The molecule has 0 amide bonds. The van der Waals surface area contributed by atoms with Crippen LogP contribution in [0, 0.1) is 6.92 Å². The van der Waals surface area contributed by atoms with E-state index in [2.05, 4.69) is 101 Å². The van der Waals surface area contributed by atoms with Gasteiger partial charge in [0, 0.05) is 11.4 Å². The molecule has 0 aromatic heterocycles. The Bertz CT molecular complexity index is 998. The van der Waals surface area contributed by atoms with Crippen LogP contribution in [0.15, 0.2) is 60.7 Å². The highest BCUT2D eigenvalue weighted by molar-refractivity contribution is 6.44. The highest BCUT2D eigenvalue weighted by atomic mass is 35.5. The molecule has 0 aliphatic carbocycles. The van der Waals surface area contributed by atoms with Crippen molar-refractivity contribution in [3.63, 3.8) is 0 Å². The highest BCUT2D eigenvalue weighted by Crippen LogP contribution is 2.43. The lowest BCUT2D eigenvalue weighted by Crippen LogP contribution is -2.16. The fourth-order valence-corrected chi connectivity index (χ4v) is 3.98. The van der Waals surface area contributed by atoms with Crippen molar-refractivity contribution >= 4 is 40.3 Å². The Kier molecular flexibility index (Phi) is 6.28. The normalized spacial score (nSPS) is 12.2. The summed E-state index contributed by atoms with van der Waals surface area (Å²) < 4.78 is 0. The Balaban J connectivity index is 2.29. The molecule has 158 valence electrons. The van der Waals surface area contributed by atoms with Gasteiger partial charge in [0.05, 0.1) is 15.7 Å². The van der Waals surface area contributed by atoms with E-state index in [1.165, 1.54) is 11.1 Å². The molecular weight excluding hydrogens is 409 g/mol. The fraction of sp³-hybridized carbons (Fsp3) is 0.333. The zero-order valence-corrected chi connectivity index (χ0v) is 20.5. The van der Waals surface area contributed by atoms with Crippen LogP contribution in [0.3, 0.4) is 0 Å². The molecule has 0 bridgehead atoms. The Morgan fingerprint density at radius 2 is 1.13 bits per heavy atom. The smallest absolute Gasteiger partial charge is 0.0832 e. The molecule has 0 heterocycles. The second-order valence-electron chi connectivity index (χ2n) is 10.0. The van der Waals surface area contributed by atoms with Gasteiger partial charge in [0.2, 0.25) is 0 Å². The average molecular weight is 440 g/mol. The third-order valence-electron chi connectivity index (χ3n) is 5.34. The van der Waals surface area contributed by atoms with Crippen LogP contribution in [0.1, 0.15) is 58.2 Å². The number of aryl methyl sites for hydroxylation is 1. The predicted molar refractivity (Wildman–Crippen MR) is 133 cm³/mol. The van der Waals surface area contributed by atoms with Crippen LogP contribution >= 0.6 is 23.2 Å². The van der Waals surface area contributed by atoms with Gasteiger partial charge < -0.3 is 4.90 Å². The molecule has 3 heteroatoms. The monoisotopic (exact) mass is 439 g/mol. The summed E-state index contributed by atoms with van der Waals surface area (Å²) in [5.74, 6) is 0. The zero-order valence-electron chi connectivity index (χ0n) is 19.0. The minimum Gasteiger partial charge on any atom is -0.309 e. The number of rotatable bonds is 3. The van der Waals surface area contributed by atoms with Gasteiger partial charge in [-0.25, -0.2) is 0 Å². The van der Waals surface area contributed by atoms with E-state index in [0.717, 1.165) is 22.6 Å². The van der Waals surface area contributed by atoms with Gasteiger partial charge in [-0.3, -0.25) is 0 Å². The van der Waals surface area contributed by atoms with Crippen LogP contribution in [-0.2, 0) is 10.8 Å². The van der Waals surface area contributed by atoms with Gasteiger partial charge in [-0.2, -0.15) is 0 Å². The highest BCUT2D eigenvalue weighted by Gasteiger charge is 2.22. The van der Waals surface area contributed by atoms with E-state index < -0.39 is 0 Å². The third-order valence-corrected chi connectivity index (χ3v) is 6.13. The number of halogens is 2. The predicted octanol–water partition coefficient (Wildman–Crippen LogP) is 9.37. The van der Waals surface area contributed by atoms with E-state index in [9.17, 15) is 0 Å². The van der Waals surface area contributed by atoms with E-state index in [0.29, 0.717) is 10.0 Å². The van der Waals surface area contributed by atoms with Crippen molar-refractivity contribution in [1.29, 1.82) is 0 Å². The van der Waals surface area contributed by atoms with Crippen molar-refractivity contribution in [2.45, 2.75) is 59.3 Å². The largest absolute Gasteiger partial charge is 0.309 e. The summed E-state index contributed by atoms with van der Waals surface area (Å²) in [7, 11) is 0. The lowest BCUT2D eigenvalue weighted by Gasteiger charge is -2.30. The van der Waals surface area contributed by atoms with Crippen molar-refractivity contribution in [3.05, 3.63) is 87.4 Å². The van der Waals surface area contributed by atoms with Gasteiger partial charge in [-0.15, -0.1) is 0 Å². The first-order valence-electron chi connectivity index (χ1n) is 10.3. The minimum absolute atomic E-state index is 0.0446. The first-order valence-corrected chi connectivity index (χ1v) is 11.1. The summed E-state index contributed by atoms with van der Waals surface area (Å²) in [6.45, 7) is 15.4. The molecular formula is C27H31Cl2N. The molecule has 0 radical (unpaired) electrons. The van der Waals surface area contributed by atoms with Crippen LogP contribution in [0.25, 0.3) is 0 Å². The second kappa shape index (κ2) is 8.29. The Morgan fingerprint density at radius 3 is 1.57 bits per heavy atom. The number of hydrogen-bond donors (Lipinski definition) is 0. The molecule has 0 saturated carbocycles. The molecule has 3 aromatic carbocycles. The maximum absolute atomic E-state index is 6.75. The van der Waals surface area contributed by atoms with Gasteiger partial charge in [-0.05, 0) is 70.8 Å². The van der Waals surface area contributed by atoms with Crippen LogP contribution < -0.4 is 4.90 Å². The lowest BCUT2D eigenvalue weighted by atomic mass is 9.86. The van der Waals surface area contributed by atoms with Crippen LogP contribution in [-0.4, -0.2) is 0 Å². The molecule has 0 unspecified atom stereocenters. The minimum atomic E-state index is 0.0446. The summed E-state index contributed by atoms with van der Waals surface area (Å²) in [5, 5.41) is 1.13. The van der Waals surface area contributed by atoms with Crippen molar-refractivity contribution < 1.29 is 0 Å². The molecule has 0 atom stereocenters. The van der Waals surface area contributed by atoms with Gasteiger partial charge >= 0.3 is 0 Å². The molecule has 0 aliphatic rings. The Morgan fingerprint density at radius 1 is 0.667 bits per heavy atom. The Labute approximate surface area is 191 Å². The summed E-state index contributed by atoms with van der Waals surface area (Å²) >= 11 is 13.2. The fourth-order valence-electron chi connectivity index (χ4n) is 3.52. The second-order valence-corrected chi connectivity index (χ2v) is 10.8. The SMILES string of the molecule is Cc1cc(Cl)c(Cl)c(N(c2cccc(C(C)(C)C)c2)c2cccc(C(C)(C)C)c2)c1. The number of anilines is 3. The standard InChI is InChI=1S/C27H31Cl2N/c1-18-14-23(28)25(29)24(15-18)30(21-12-8-10-19(16-21)26(2,3)4)22-13-9-11-20(17-22)27(5,6)7/h8-17H,1-7H3. The van der Waals surface area contributed by atoms with E-state index in [-0.39, 0.29) is 10.8 Å². The van der Waals surface area contributed by atoms with Crippen LogP contribution in [0.5, 0.6) is 0 Å². The number of benzene rings is 3. The first kappa shape index (κ1) is 22.7. The van der Waals surface area contributed by atoms with Crippen molar-refractivity contribution in [3.8, 4) is 0 Å². The van der Waals surface area contributed by atoms with Gasteiger partial charge in [0.25, 0.3) is 0 Å². The van der Waals surface area contributed by atoms with Gasteiger partial charge in [-0.1, -0.05) is 89.0 Å². The molecule has 30 heavy (non-hydrogen) atoms. The number of hydrogen-bond acceptors (Lipinski definition) is 1. The molecule has 0 spiro atoms. The summed E-state index contributed by atoms with van der Waals surface area (Å²) in [4.78, 5) is 2.21. The molecule has 0 aliphatic heterocycles. The number of nitrogens with zero attached hydrogens (tertiary/aromatic N) is 1. The van der Waals surface area contributed by atoms with Crippen molar-refractivity contribution in [2.24, 2.45) is 0 Å². The maximum atomic E-state index is 6.75. The van der Waals surface area contributed by atoms with E-state index in [4.69, 9.17) is 23.2 Å². The van der Waals surface area contributed by atoms with Crippen LogP contribution in [0.4, 0.5) is 17.1 Å². The third kappa shape index (κ3) is 4.85. The van der Waals surface area contributed by atoms with Crippen LogP contribution in [0.2, 0.25) is 10.0 Å². The summed E-state index contributed by atoms with van der Waals surface area (Å²) in [6, 6.07) is 21.3. The first-order chi connectivity index (χ1) is 13.9. The van der Waals surface area contributed by atoms with Gasteiger partial charge in [0.1, 0.15) is 0 Å². The quantitative estimate of drug-likeness (QED) is 0.392. The van der Waals surface area contributed by atoms with Gasteiger partial charge in [0.15, 0.2) is 0 Å². The van der Waals surface area contributed by atoms with Crippen molar-refractivity contribution in [1.82, 2.24) is 0 Å². The Hall–Kier alpha value is -1.96. The molecule has 3 rings (SSSR count). The van der Waals surface area contributed by atoms with E-state index in [1.54, 1.807) is 0 Å². The van der Waals surface area contributed by atoms with E-state index >= 15 is 0 Å². The average Bonchev–Trinajstić information content (AvgIpc) is 2.65. The lowest BCUT2D eigenvalue weighted by molar-refractivity contribution is 0.590. The molecule has 0 fully saturated rings. The van der Waals surface area contributed by atoms with E-state index in [1.807, 2.05) is 13.0 Å². The molecule has 0 N–H and O–H groups in total. The summed E-state index contributed by atoms with van der Waals surface area (Å²) in [6.07, 6.45) is 0. The van der Waals surface area contributed by atoms with Crippen molar-refractivity contribution in [2.75, 3.05) is 4.90 Å². The molecule has 0 saturated heterocycles. The maximum Gasteiger partial charge on any atom is 0.0832 e. The molecule has 3 aromatic rings. The summed E-state index contributed by atoms with van der Waals surface area (Å²) in [5.41, 5.74) is 6.72. The zero-order chi connectivity index (χ0) is 22.3.